The maximum absolute atomic E-state index is 12.3. The molecule has 1 aromatic rings. The minimum atomic E-state index is -0.958. The van der Waals surface area contributed by atoms with E-state index in [1.54, 1.807) is 23.4 Å². The summed E-state index contributed by atoms with van der Waals surface area (Å²) in [6.07, 6.45) is 4.80. The number of rotatable bonds is 2. The van der Waals surface area contributed by atoms with Gasteiger partial charge in [0.15, 0.2) is 0 Å². The Kier molecular flexibility index (Phi) is 3.32. The van der Waals surface area contributed by atoms with Crippen molar-refractivity contribution in [2.75, 3.05) is 13.1 Å². The Hall–Kier alpha value is -2.44. The molecule has 3 heterocycles. The first-order valence-corrected chi connectivity index (χ1v) is 6.89. The standard InChI is InChI=1S/C14H16N4O3/c19-11(7-10-3-1-5-15-8-10)18-6-2-4-14(9-18)12(20)16-13(21)17-14/h1,3,5,8H,2,4,6-7,9H2,(H2,16,17,20,21). The van der Waals surface area contributed by atoms with Gasteiger partial charge in [-0.15, -0.1) is 0 Å². The fraction of sp³-hybridized carbons (Fsp3) is 0.429. The molecule has 1 unspecified atom stereocenters. The van der Waals surface area contributed by atoms with E-state index >= 15 is 0 Å². The average Bonchev–Trinajstić information content (AvgIpc) is 2.74. The molecule has 1 spiro atoms. The summed E-state index contributed by atoms with van der Waals surface area (Å²) in [5.41, 5.74) is -0.123. The van der Waals surface area contributed by atoms with Crippen LogP contribution in [0, 0.1) is 0 Å². The van der Waals surface area contributed by atoms with Gasteiger partial charge in [0.25, 0.3) is 5.91 Å². The lowest BCUT2D eigenvalue weighted by molar-refractivity contribution is -0.135. The first kappa shape index (κ1) is 13.5. The number of aromatic nitrogens is 1. The van der Waals surface area contributed by atoms with Gasteiger partial charge < -0.3 is 10.2 Å². The van der Waals surface area contributed by atoms with Crippen LogP contribution in [-0.4, -0.2) is 46.4 Å². The predicted molar refractivity (Wildman–Crippen MR) is 73.2 cm³/mol. The molecule has 2 aliphatic rings. The summed E-state index contributed by atoms with van der Waals surface area (Å²) in [5.74, 6) is -0.401. The number of likely N-dealkylation sites (tertiary alicyclic amines) is 1. The minimum absolute atomic E-state index is 0.0592. The summed E-state index contributed by atoms with van der Waals surface area (Å²) >= 11 is 0. The lowest BCUT2D eigenvalue weighted by Crippen LogP contribution is -2.59. The first-order chi connectivity index (χ1) is 10.1. The molecule has 0 aromatic carbocycles. The van der Waals surface area contributed by atoms with E-state index < -0.39 is 11.6 Å². The molecule has 0 saturated carbocycles. The Morgan fingerprint density at radius 1 is 1.43 bits per heavy atom. The second kappa shape index (κ2) is 5.16. The Morgan fingerprint density at radius 2 is 2.29 bits per heavy atom. The van der Waals surface area contributed by atoms with Gasteiger partial charge in [-0.1, -0.05) is 6.07 Å². The van der Waals surface area contributed by atoms with E-state index in [4.69, 9.17) is 0 Å². The van der Waals surface area contributed by atoms with Crippen LogP contribution in [-0.2, 0) is 16.0 Å². The summed E-state index contributed by atoms with van der Waals surface area (Å²) < 4.78 is 0. The molecule has 110 valence electrons. The summed E-state index contributed by atoms with van der Waals surface area (Å²) in [6, 6.07) is 3.14. The van der Waals surface area contributed by atoms with Gasteiger partial charge in [0.1, 0.15) is 5.54 Å². The Balaban J connectivity index is 1.70. The normalized spacial score (nSPS) is 24.9. The molecule has 2 fully saturated rings. The van der Waals surface area contributed by atoms with Crippen LogP contribution in [0.15, 0.2) is 24.5 Å². The van der Waals surface area contributed by atoms with Gasteiger partial charge in [-0.2, -0.15) is 0 Å². The van der Waals surface area contributed by atoms with Crippen LogP contribution in [0.4, 0.5) is 4.79 Å². The minimum Gasteiger partial charge on any atom is -0.340 e. The molecule has 0 bridgehead atoms. The number of amides is 4. The zero-order chi connectivity index (χ0) is 14.9. The second-order valence-corrected chi connectivity index (χ2v) is 5.45. The average molecular weight is 288 g/mol. The summed E-state index contributed by atoms with van der Waals surface area (Å²) in [6.45, 7) is 0.827. The van der Waals surface area contributed by atoms with Crippen molar-refractivity contribution in [1.82, 2.24) is 20.5 Å². The van der Waals surface area contributed by atoms with Crippen LogP contribution in [0.2, 0.25) is 0 Å². The lowest BCUT2D eigenvalue weighted by atomic mass is 9.89. The van der Waals surface area contributed by atoms with Gasteiger partial charge in [-0.3, -0.25) is 19.9 Å². The SMILES string of the molecule is O=C1NC(=O)C2(CCCN(C(=O)Cc3cccnc3)C2)N1. The third kappa shape index (κ3) is 2.58. The van der Waals surface area contributed by atoms with Crippen molar-refractivity contribution in [2.45, 2.75) is 24.8 Å². The van der Waals surface area contributed by atoms with E-state index in [-0.39, 0.29) is 24.8 Å². The Morgan fingerprint density at radius 3 is 2.95 bits per heavy atom. The predicted octanol–water partition coefficient (Wildman–Crippen LogP) is -0.175. The zero-order valence-corrected chi connectivity index (χ0v) is 11.5. The number of piperidine rings is 1. The molecule has 7 heteroatoms. The number of urea groups is 1. The van der Waals surface area contributed by atoms with Crippen molar-refractivity contribution in [3.05, 3.63) is 30.1 Å². The molecule has 0 aliphatic carbocycles. The molecule has 7 nitrogen and oxygen atoms in total. The van der Waals surface area contributed by atoms with Crippen LogP contribution in [0.5, 0.6) is 0 Å². The third-order valence-corrected chi connectivity index (χ3v) is 3.94. The molecule has 21 heavy (non-hydrogen) atoms. The van der Waals surface area contributed by atoms with E-state index in [2.05, 4.69) is 15.6 Å². The van der Waals surface area contributed by atoms with Gasteiger partial charge in [0.05, 0.1) is 13.0 Å². The van der Waals surface area contributed by atoms with E-state index in [1.165, 1.54) is 0 Å². The van der Waals surface area contributed by atoms with E-state index in [9.17, 15) is 14.4 Å². The second-order valence-electron chi connectivity index (χ2n) is 5.45. The number of hydrogen-bond donors (Lipinski definition) is 2. The van der Waals surface area contributed by atoms with Crippen molar-refractivity contribution < 1.29 is 14.4 Å². The fourth-order valence-electron chi connectivity index (χ4n) is 2.87. The van der Waals surface area contributed by atoms with Crippen LogP contribution in [0.1, 0.15) is 18.4 Å². The first-order valence-electron chi connectivity index (χ1n) is 6.89. The van der Waals surface area contributed by atoms with Gasteiger partial charge in [-0.25, -0.2) is 4.79 Å². The molecule has 2 N–H and O–H groups in total. The van der Waals surface area contributed by atoms with Crippen LogP contribution in [0.25, 0.3) is 0 Å². The van der Waals surface area contributed by atoms with Crippen molar-refractivity contribution in [2.24, 2.45) is 0 Å². The highest BCUT2D eigenvalue weighted by Gasteiger charge is 2.49. The van der Waals surface area contributed by atoms with Gasteiger partial charge >= 0.3 is 6.03 Å². The molecular weight excluding hydrogens is 272 g/mol. The van der Waals surface area contributed by atoms with Crippen LogP contribution >= 0.6 is 0 Å². The van der Waals surface area contributed by atoms with Crippen molar-refractivity contribution in [1.29, 1.82) is 0 Å². The number of nitrogens with zero attached hydrogens (tertiary/aromatic N) is 2. The number of pyridine rings is 1. The van der Waals surface area contributed by atoms with Crippen molar-refractivity contribution in [3.8, 4) is 0 Å². The van der Waals surface area contributed by atoms with Gasteiger partial charge in [0, 0.05) is 18.9 Å². The number of carbonyl (C=O) groups is 3. The number of imide groups is 1. The molecule has 2 saturated heterocycles. The molecule has 1 atom stereocenters. The molecule has 2 aliphatic heterocycles. The Bertz CT molecular complexity index is 589. The number of hydrogen-bond acceptors (Lipinski definition) is 4. The highest BCUT2D eigenvalue weighted by atomic mass is 16.2. The smallest absolute Gasteiger partial charge is 0.322 e. The highest BCUT2D eigenvalue weighted by molar-refractivity contribution is 6.07. The zero-order valence-electron chi connectivity index (χ0n) is 11.5. The third-order valence-electron chi connectivity index (χ3n) is 3.94. The lowest BCUT2D eigenvalue weighted by Gasteiger charge is -2.38. The summed E-state index contributed by atoms with van der Waals surface area (Å²) in [5, 5.41) is 4.91. The monoisotopic (exact) mass is 288 g/mol. The van der Waals surface area contributed by atoms with Crippen LogP contribution < -0.4 is 10.6 Å². The summed E-state index contributed by atoms with van der Waals surface area (Å²) in [7, 11) is 0. The molecule has 0 radical (unpaired) electrons. The van der Waals surface area contributed by atoms with E-state index in [0.29, 0.717) is 19.4 Å². The van der Waals surface area contributed by atoms with Crippen LogP contribution in [0.3, 0.4) is 0 Å². The number of carbonyl (C=O) groups excluding carboxylic acids is 3. The molecule has 4 amide bonds. The maximum Gasteiger partial charge on any atom is 0.322 e. The molecule has 1 aromatic heterocycles. The molecule has 3 rings (SSSR count). The van der Waals surface area contributed by atoms with Crippen molar-refractivity contribution >= 4 is 17.8 Å². The quantitative estimate of drug-likeness (QED) is 0.739. The topological polar surface area (TPSA) is 91.4 Å². The molecular formula is C14H16N4O3. The van der Waals surface area contributed by atoms with Gasteiger partial charge in [0.2, 0.25) is 5.91 Å². The number of nitrogens with one attached hydrogen (secondary N) is 2. The largest absolute Gasteiger partial charge is 0.340 e. The maximum atomic E-state index is 12.3. The van der Waals surface area contributed by atoms with Gasteiger partial charge in [-0.05, 0) is 24.5 Å². The highest BCUT2D eigenvalue weighted by Crippen LogP contribution is 2.24. The van der Waals surface area contributed by atoms with E-state index in [0.717, 1.165) is 5.56 Å². The van der Waals surface area contributed by atoms with Crippen molar-refractivity contribution in [3.63, 3.8) is 0 Å². The van der Waals surface area contributed by atoms with E-state index in [1.807, 2.05) is 6.07 Å². The Labute approximate surface area is 121 Å². The summed E-state index contributed by atoms with van der Waals surface area (Å²) in [4.78, 5) is 41.3. The fourth-order valence-corrected chi connectivity index (χ4v) is 2.87.